The largest absolute Gasteiger partial charge is 0.332 e. The maximum Gasteiger partial charge on any atom is 0.256 e. The normalized spacial score (nSPS) is 24.1. The van der Waals surface area contributed by atoms with Crippen LogP contribution in [0.2, 0.25) is 0 Å². The van der Waals surface area contributed by atoms with E-state index in [-0.39, 0.29) is 17.7 Å². The van der Waals surface area contributed by atoms with Crippen LogP contribution in [-0.2, 0) is 14.8 Å². The van der Waals surface area contributed by atoms with Gasteiger partial charge in [0.25, 0.3) is 15.9 Å². The number of amides is 1. The molecule has 3 aliphatic rings. The first-order valence-electron chi connectivity index (χ1n) is 8.80. The summed E-state index contributed by atoms with van der Waals surface area (Å²) < 4.78 is 27.0. The minimum absolute atomic E-state index is 0.0168. The lowest BCUT2D eigenvalue weighted by atomic mass is 10.0. The van der Waals surface area contributed by atoms with Crippen molar-refractivity contribution in [3.63, 3.8) is 0 Å². The second kappa shape index (κ2) is 6.39. The van der Waals surface area contributed by atoms with Crippen LogP contribution in [0.15, 0.2) is 52.6 Å². The van der Waals surface area contributed by atoms with Gasteiger partial charge in [0.05, 0.1) is 17.4 Å². The Morgan fingerprint density at radius 1 is 1.15 bits per heavy atom. The van der Waals surface area contributed by atoms with Gasteiger partial charge in [0.2, 0.25) is 0 Å². The van der Waals surface area contributed by atoms with Crippen molar-refractivity contribution in [2.75, 3.05) is 18.8 Å². The van der Waals surface area contributed by atoms with Gasteiger partial charge in [-0.15, -0.1) is 4.40 Å². The van der Waals surface area contributed by atoms with E-state index in [0.717, 1.165) is 24.9 Å². The first-order chi connectivity index (χ1) is 12.4. The molecule has 6 nitrogen and oxygen atoms in total. The molecule has 0 radical (unpaired) electrons. The zero-order valence-electron chi connectivity index (χ0n) is 14.6. The van der Waals surface area contributed by atoms with Crippen molar-refractivity contribution < 1.29 is 13.2 Å². The fourth-order valence-corrected chi connectivity index (χ4v) is 4.61. The summed E-state index contributed by atoms with van der Waals surface area (Å²) in [4.78, 5) is 16.7. The molecule has 0 saturated carbocycles. The molecule has 0 N–H and O–H groups in total. The minimum atomic E-state index is -3.38. The molecule has 3 heterocycles. The Balaban J connectivity index is 1.57. The lowest BCUT2D eigenvalue weighted by Gasteiger charge is -2.30. The highest BCUT2D eigenvalue weighted by molar-refractivity contribution is 7.90. The van der Waals surface area contributed by atoms with Crippen molar-refractivity contribution in [3.05, 3.63) is 59.3 Å². The number of carbonyl (C=O) groups excluding carboxylic acids is 1. The van der Waals surface area contributed by atoms with Crippen molar-refractivity contribution in [3.8, 4) is 0 Å². The van der Waals surface area contributed by atoms with Crippen LogP contribution in [0.5, 0.6) is 0 Å². The Morgan fingerprint density at radius 3 is 2.69 bits per heavy atom. The molecule has 3 aliphatic heterocycles. The number of benzene rings is 1. The van der Waals surface area contributed by atoms with Crippen LogP contribution in [0.4, 0.5) is 0 Å². The third kappa shape index (κ3) is 3.19. The van der Waals surface area contributed by atoms with Gasteiger partial charge in [-0.25, -0.2) is 8.42 Å². The fourth-order valence-electron chi connectivity index (χ4n) is 3.64. The predicted octanol–water partition coefficient (Wildman–Crippen LogP) is 2.16. The highest BCUT2D eigenvalue weighted by atomic mass is 32.2. The first kappa shape index (κ1) is 17.0. The van der Waals surface area contributed by atoms with Crippen molar-refractivity contribution in [1.82, 2.24) is 9.80 Å². The summed E-state index contributed by atoms with van der Waals surface area (Å²) >= 11 is 0. The van der Waals surface area contributed by atoms with E-state index in [0.29, 0.717) is 18.0 Å². The molecular formula is C19H21N3O3S. The second-order valence-corrected chi connectivity index (χ2v) is 8.67. The summed E-state index contributed by atoms with van der Waals surface area (Å²) in [5.41, 5.74) is 2.94. The molecule has 1 amide bonds. The molecule has 0 bridgehead atoms. The van der Waals surface area contributed by atoms with Crippen LogP contribution in [0, 0.1) is 6.92 Å². The van der Waals surface area contributed by atoms with Crippen LogP contribution >= 0.6 is 0 Å². The smallest absolute Gasteiger partial charge is 0.256 e. The van der Waals surface area contributed by atoms with Crippen molar-refractivity contribution >= 4 is 21.8 Å². The van der Waals surface area contributed by atoms with Gasteiger partial charge in [0.1, 0.15) is 5.84 Å². The van der Waals surface area contributed by atoms with E-state index in [1.807, 2.05) is 4.90 Å². The quantitative estimate of drug-likeness (QED) is 0.799. The summed E-state index contributed by atoms with van der Waals surface area (Å²) in [6.45, 7) is 3.11. The van der Waals surface area contributed by atoms with Gasteiger partial charge in [-0.2, -0.15) is 0 Å². The lowest BCUT2D eigenvalue weighted by molar-refractivity contribution is -0.127. The number of aryl methyl sites for hydroxylation is 1. The van der Waals surface area contributed by atoms with Crippen LogP contribution in [0.25, 0.3) is 0 Å². The zero-order valence-corrected chi connectivity index (χ0v) is 15.4. The molecule has 136 valence electrons. The van der Waals surface area contributed by atoms with Gasteiger partial charge in [0, 0.05) is 19.3 Å². The molecule has 0 spiro atoms. The fraction of sp³-hybridized carbons (Fsp3) is 0.368. The molecule has 7 heteroatoms. The van der Waals surface area contributed by atoms with E-state index >= 15 is 0 Å². The van der Waals surface area contributed by atoms with Crippen LogP contribution in [-0.4, -0.2) is 48.8 Å². The molecule has 1 unspecified atom stereocenters. The molecule has 4 rings (SSSR count). The van der Waals surface area contributed by atoms with Gasteiger partial charge in [0.15, 0.2) is 0 Å². The topological polar surface area (TPSA) is 70.1 Å². The van der Waals surface area contributed by atoms with E-state index in [1.54, 1.807) is 23.3 Å². The van der Waals surface area contributed by atoms with Gasteiger partial charge < -0.3 is 9.80 Å². The Morgan fingerprint density at radius 2 is 1.92 bits per heavy atom. The van der Waals surface area contributed by atoms with E-state index in [9.17, 15) is 13.2 Å². The number of hydrogen-bond acceptors (Lipinski definition) is 4. The molecule has 0 aromatic heterocycles. The highest BCUT2D eigenvalue weighted by Crippen LogP contribution is 2.33. The Hall–Kier alpha value is -2.41. The first-order valence-corrected chi connectivity index (χ1v) is 10.4. The monoisotopic (exact) mass is 371 g/mol. The van der Waals surface area contributed by atoms with Gasteiger partial charge in [-0.3, -0.25) is 4.79 Å². The van der Waals surface area contributed by atoms with Crippen LogP contribution < -0.4 is 0 Å². The third-order valence-electron chi connectivity index (χ3n) is 5.05. The average Bonchev–Trinajstić information content (AvgIpc) is 3.10. The van der Waals surface area contributed by atoms with Gasteiger partial charge >= 0.3 is 0 Å². The van der Waals surface area contributed by atoms with Crippen LogP contribution in [0.1, 0.15) is 30.0 Å². The number of likely N-dealkylation sites (tertiary alicyclic amines) is 1. The van der Waals surface area contributed by atoms with E-state index in [2.05, 4.69) is 35.6 Å². The van der Waals surface area contributed by atoms with E-state index < -0.39 is 10.0 Å². The lowest BCUT2D eigenvalue weighted by Crippen LogP contribution is -2.39. The average molecular weight is 371 g/mol. The third-order valence-corrected chi connectivity index (χ3v) is 6.21. The number of carbonyl (C=O) groups is 1. The number of sulfonamides is 1. The summed E-state index contributed by atoms with van der Waals surface area (Å²) in [6.07, 6.45) is 6.95. The molecule has 0 aliphatic carbocycles. The minimum Gasteiger partial charge on any atom is -0.332 e. The van der Waals surface area contributed by atoms with Crippen molar-refractivity contribution in [2.45, 2.75) is 25.8 Å². The maximum atomic E-state index is 13.1. The standard InChI is InChI=1S/C19H21N3O3S/c1-14-4-6-15(7-5-14)17-3-2-10-22(17)19(23)16-8-9-18-20-26(24,25)12-11-21(18)13-16/h4-9,13,17H,2-3,10-12H2,1H3. The van der Waals surface area contributed by atoms with Gasteiger partial charge in [-0.05, 0) is 37.5 Å². The Bertz CT molecular complexity index is 929. The van der Waals surface area contributed by atoms with Crippen molar-refractivity contribution in [1.29, 1.82) is 0 Å². The predicted molar refractivity (Wildman–Crippen MR) is 100 cm³/mol. The molecule has 1 aromatic carbocycles. The van der Waals surface area contributed by atoms with E-state index in [4.69, 9.17) is 0 Å². The SMILES string of the molecule is Cc1ccc(C2CCCN2C(=O)C2=CN3CCS(=O)(=O)N=C3C=C2)cc1. The number of nitrogens with zero attached hydrogens (tertiary/aromatic N) is 3. The molecule has 1 fully saturated rings. The highest BCUT2D eigenvalue weighted by Gasteiger charge is 2.33. The second-order valence-electron chi connectivity index (χ2n) is 6.91. The molecule has 1 aromatic rings. The number of hydrogen-bond donors (Lipinski definition) is 0. The summed E-state index contributed by atoms with van der Waals surface area (Å²) in [7, 11) is -3.38. The van der Waals surface area contributed by atoms with Crippen molar-refractivity contribution in [2.24, 2.45) is 4.40 Å². The maximum absolute atomic E-state index is 13.1. The number of rotatable bonds is 2. The zero-order chi connectivity index (χ0) is 18.3. The number of fused-ring (bicyclic) bond motifs is 1. The molecule has 1 saturated heterocycles. The van der Waals surface area contributed by atoms with Gasteiger partial charge in [-0.1, -0.05) is 29.8 Å². The summed E-state index contributed by atoms with van der Waals surface area (Å²) in [5, 5.41) is 0. The molecule has 1 atom stereocenters. The number of amidine groups is 1. The Labute approximate surface area is 153 Å². The Kier molecular flexibility index (Phi) is 4.19. The summed E-state index contributed by atoms with van der Waals surface area (Å²) in [5.74, 6) is 0.332. The summed E-state index contributed by atoms with van der Waals surface area (Å²) in [6, 6.07) is 8.43. The van der Waals surface area contributed by atoms with Crippen LogP contribution in [0.3, 0.4) is 0 Å². The van der Waals surface area contributed by atoms with E-state index in [1.165, 1.54) is 5.56 Å². The molecule has 26 heavy (non-hydrogen) atoms. The molecular weight excluding hydrogens is 350 g/mol.